The molecule has 0 radical (unpaired) electrons. The molecule has 1 aliphatic heterocycles. The van der Waals surface area contributed by atoms with Gasteiger partial charge < -0.3 is 9.42 Å². The molecular weight excluding hydrogens is 496 g/mol. The summed E-state index contributed by atoms with van der Waals surface area (Å²) in [6, 6.07) is 9.31. The van der Waals surface area contributed by atoms with E-state index in [1.165, 1.54) is 29.5 Å². The van der Waals surface area contributed by atoms with Crippen LogP contribution < -0.4 is 0 Å². The number of rotatable bonds is 8. The van der Waals surface area contributed by atoms with E-state index in [4.69, 9.17) is 4.52 Å². The van der Waals surface area contributed by atoms with E-state index in [1.807, 2.05) is 25.3 Å². The molecular formula is C23H26N2O6S3. The highest BCUT2D eigenvalue weighted by molar-refractivity contribution is 7.91. The van der Waals surface area contributed by atoms with Crippen molar-refractivity contribution in [1.82, 2.24) is 10.1 Å². The van der Waals surface area contributed by atoms with Crippen molar-refractivity contribution >= 4 is 36.9 Å². The number of hydrogen-bond donors (Lipinski definition) is 0. The lowest BCUT2D eigenvalue weighted by molar-refractivity contribution is 0.0672. The smallest absolute Gasteiger partial charge is 0.276 e. The molecule has 3 aromatic rings. The Morgan fingerprint density at radius 2 is 1.97 bits per heavy atom. The van der Waals surface area contributed by atoms with E-state index in [1.54, 1.807) is 17.0 Å². The largest absolute Gasteiger partial charge is 0.355 e. The number of hydrogen-bond acceptors (Lipinski definition) is 8. The summed E-state index contributed by atoms with van der Waals surface area (Å²) in [5.41, 5.74) is 1.71. The van der Waals surface area contributed by atoms with Gasteiger partial charge in [-0.2, -0.15) is 0 Å². The van der Waals surface area contributed by atoms with Crippen LogP contribution in [0.3, 0.4) is 0 Å². The Bertz CT molecular complexity index is 1390. The highest BCUT2D eigenvalue weighted by Crippen LogP contribution is 2.28. The molecule has 1 amide bonds. The zero-order chi connectivity index (χ0) is 24.5. The highest BCUT2D eigenvalue weighted by Gasteiger charge is 2.36. The molecule has 34 heavy (non-hydrogen) atoms. The maximum absolute atomic E-state index is 13.4. The predicted molar refractivity (Wildman–Crippen MR) is 130 cm³/mol. The van der Waals surface area contributed by atoms with Gasteiger partial charge in [0.2, 0.25) is 0 Å². The van der Waals surface area contributed by atoms with Crippen LogP contribution in [0.4, 0.5) is 0 Å². The Balaban J connectivity index is 1.59. The Hall–Kier alpha value is -2.50. The molecule has 0 saturated carbocycles. The lowest BCUT2D eigenvalue weighted by atomic mass is 10.1. The summed E-state index contributed by atoms with van der Waals surface area (Å²) in [7, 11) is -6.52. The van der Waals surface area contributed by atoms with Gasteiger partial charge in [-0.05, 0) is 61.0 Å². The number of nitrogens with zero attached hydrogens (tertiary/aromatic N) is 2. The van der Waals surface area contributed by atoms with E-state index >= 15 is 0 Å². The molecule has 0 bridgehead atoms. The molecule has 0 N–H and O–H groups in total. The molecule has 182 valence electrons. The molecule has 1 aliphatic rings. The molecule has 1 atom stereocenters. The molecule has 1 fully saturated rings. The van der Waals surface area contributed by atoms with E-state index in [2.05, 4.69) is 5.16 Å². The molecule has 4 rings (SSSR count). The lowest BCUT2D eigenvalue weighted by Crippen LogP contribution is -2.40. The molecule has 11 heteroatoms. The summed E-state index contributed by atoms with van der Waals surface area (Å²) >= 11 is 1.52. The van der Waals surface area contributed by atoms with E-state index in [0.717, 1.165) is 10.4 Å². The number of carbonyl (C=O) groups is 1. The van der Waals surface area contributed by atoms with Gasteiger partial charge in [0.1, 0.15) is 0 Å². The second kappa shape index (κ2) is 9.63. The quantitative estimate of drug-likeness (QED) is 0.443. The van der Waals surface area contributed by atoms with Crippen LogP contribution in [-0.2, 0) is 26.2 Å². The maximum atomic E-state index is 13.4. The van der Waals surface area contributed by atoms with Gasteiger partial charge in [0.25, 0.3) is 5.91 Å². The van der Waals surface area contributed by atoms with Gasteiger partial charge in [-0.3, -0.25) is 4.79 Å². The van der Waals surface area contributed by atoms with Crippen molar-refractivity contribution in [3.8, 4) is 11.3 Å². The summed E-state index contributed by atoms with van der Waals surface area (Å²) in [6.45, 7) is 4.07. The van der Waals surface area contributed by atoms with Crippen molar-refractivity contribution in [1.29, 1.82) is 0 Å². The molecule has 1 unspecified atom stereocenters. The number of sulfone groups is 2. The van der Waals surface area contributed by atoms with Crippen molar-refractivity contribution in [2.75, 3.05) is 17.3 Å². The Morgan fingerprint density at radius 1 is 1.24 bits per heavy atom. The average Bonchev–Trinajstić information content (AvgIpc) is 3.52. The third-order valence-corrected chi connectivity index (χ3v) is 10.6. The van der Waals surface area contributed by atoms with Gasteiger partial charge in [-0.15, -0.1) is 11.3 Å². The van der Waals surface area contributed by atoms with Gasteiger partial charge in [0.15, 0.2) is 31.1 Å². The predicted octanol–water partition coefficient (Wildman–Crippen LogP) is 3.72. The topological polar surface area (TPSA) is 115 Å². The van der Waals surface area contributed by atoms with E-state index in [9.17, 15) is 21.6 Å². The average molecular weight is 523 g/mol. The van der Waals surface area contributed by atoms with Crippen LogP contribution in [-0.4, -0.2) is 56.1 Å². The van der Waals surface area contributed by atoms with Crippen molar-refractivity contribution in [3.05, 3.63) is 57.9 Å². The minimum Gasteiger partial charge on any atom is -0.355 e. The second-order valence-electron chi connectivity index (χ2n) is 8.44. The third kappa shape index (κ3) is 5.26. The fourth-order valence-corrected chi connectivity index (χ4v) is 7.94. The van der Waals surface area contributed by atoms with Crippen LogP contribution in [0.1, 0.15) is 40.7 Å². The first-order chi connectivity index (χ1) is 16.1. The number of aromatic nitrogens is 1. The zero-order valence-corrected chi connectivity index (χ0v) is 21.4. The van der Waals surface area contributed by atoms with Gasteiger partial charge >= 0.3 is 0 Å². The minimum atomic E-state index is -3.33. The van der Waals surface area contributed by atoms with Crippen molar-refractivity contribution in [2.24, 2.45) is 0 Å². The highest BCUT2D eigenvalue weighted by atomic mass is 32.2. The number of aryl methyl sites for hydroxylation is 1. The van der Waals surface area contributed by atoms with Crippen LogP contribution in [0, 0.1) is 6.92 Å². The van der Waals surface area contributed by atoms with Crippen molar-refractivity contribution in [3.63, 3.8) is 0 Å². The first-order valence-electron chi connectivity index (χ1n) is 10.9. The lowest BCUT2D eigenvalue weighted by Gasteiger charge is -2.27. The van der Waals surface area contributed by atoms with Gasteiger partial charge in [0, 0.05) is 22.5 Å². The Morgan fingerprint density at radius 3 is 2.56 bits per heavy atom. The second-order valence-corrected chi connectivity index (χ2v) is 13.8. The molecule has 1 aromatic carbocycles. The zero-order valence-electron chi connectivity index (χ0n) is 18.9. The number of amides is 1. The number of benzene rings is 1. The van der Waals surface area contributed by atoms with Crippen LogP contribution in [0.5, 0.6) is 0 Å². The van der Waals surface area contributed by atoms with Crippen LogP contribution in [0.2, 0.25) is 0 Å². The standard InChI is InChI=1S/C23H26N2O6S3/c1-3-11-34(29,30)19-6-4-17(5-7-19)21-13-20(24-31-21)23(26)25(14-22-16(2)8-10-32-22)18-9-12-33(27,28)15-18/h4-8,10,13,18H,3,9,11-12,14-15H2,1-2H3. The monoisotopic (exact) mass is 522 g/mol. The van der Waals surface area contributed by atoms with Crippen LogP contribution in [0.15, 0.2) is 51.2 Å². The van der Waals surface area contributed by atoms with Crippen molar-refractivity contribution < 1.29 is 26.2 Å². The van der Waals surface area contributed by atoms with Gasteiger partial charge in [-0.25, -0.2) is 16.8 Å². The summed E-state index contributed by atoms with van der Waals surface area (Å²) in [5.74, 6) is -0.00537. The summed E-state index contributed by atoms with van der Waals surface area (Å²) < 4.78 is 54.1. The molecule has 0 spiro atoms. The molecule has 0 aliphatic carbocycles. The van der Waals surface area contributed by atoms with Gasteiger partial charge in [0.05, 0.1) is 28.7 Å². The van der Waals surface area contributed by atoms with Gasteiger partial charge in [-0.1, -0.05) is 12.1 Å². The molecule has 2 aromatic heterocycles. The summed E-state index contributed by atoms with van der Waals surface area (Å²) in [6.07, 6.45) is 0.915. The summed E-state index contributed by atoms with van der Waals surface area (Å²) in [5, 5.41) is 5.88. The molecule has 3 heterocycles. The van der Waals surface area contributed by atoms with E-state index in [-0.39, 0.29) is 27.8 Å². The number of thiophene rings is 1. The van der Waals surface area contributed by atoms with E-state index in [0.29, 0.717) is 30.7 Å². The maximum Gasteiger partial charge on any atom is 0.276 e. The molecule has 1 saturated heterocycles. The normalized spacial score (nSPS) is 17.6. The third-order valence-electron chi connectivity index (χ3n) is 5.89. The molecule has 8 nitrogen and oxygen atoms in total. The SMILES string of the molecule is CCCS(=O)(=O)c1ccc(-c2cc(C(=O)N(Cc3sccc3C)C3CCS(=O)(=O)C3)no2)cc1. The fourth-order valence-electron chi connectivity index (χ4n) is 3.98. The summed E-state index contributed by atoms with van der Waals surface area (Å²) in [4.78, 5) is 16.2. The Labute approximate surface area is 203 Å². The first kappa shape index (κ1) is 24.6. The Kier molecular flexibility index (Phi) is 6.97. The minimum absolute atomic E-state index is 0.0578. The number of carbonyl (C=O) groups excluding carboxylic acids is 1. The van der Waals surface area contributed by atoms with Crippen molar-refractivity contribution in [2.45, 2.75) is 44.2 Å². The van der Waals surface area contributed by atoms with Crippen LogP contribution in [0.25, 0.3) is 11.3 Å². The first-order valence-corrected chi connectivity index (χ1v) is 15.3. The van der Waals surface area contributed by atoms with E-state index < -0.39 is 31.6 Å². The fraction of sp³-hybridized carbons (Fsp3) is 0.391. The van der Waals surface area contributed by atoms with Crippen LogP contribution >= 0.6 is 11.3 Å².